The van der Waals surface area contributed by atoms with Crippen molar-refractivity contribution in [3.05, 3.63) is 60.4 Å². The van der Waals surface area contributed by atoms with Crippen molar-refractivity contribution in [2.45, 2.75) is 6.61 Å². The molecule has 69 valence electrons. The molecule has 0 spiro atoms. The first-order valence-corrected chi connectivity index (χ1v) is 4.43. The molecule has 0 amide bonds. The average Bonchev–Trinajstić information content (AvgIpc) is 2.29. The lowest BCUT2D eigenvalue weighted by Crippen LogP contribution is -1.95. The average molecular weight is 184 g/mol. The smallest absolute Gasteiger partial charge is 0.119 e. The number of nitrogens with zero attached hydrogens (tertiary/aromatic N) is 1. The number of hydrogen-bond donors (Lipinski definition) is 0. The number of rotatable bonds is 3. The van der Waals surface area contributed by atoms with Crippen LogP contribution in [-0.4, -0.2) is 4.98 Å². The second-order valence-corrected chi connectivity index (χ2v) is 2.89. The van der Waals surface area contributed by atoms with E-state index in [0.717, 1.165) is 11.3 Å². The Morgan fingerprint density at radius 2 is 2.07 bits per heavy atom. The zero-order valence-corrected chi connectivity index (χ0v) is 7.68. The minimum Gasteiger partial charge on any atom is -0.489 e. The summed E-state index contributed by atoms with van der Waals surface area (Å²) >= 11 is 0. The van der Waals surface area contributed by atoms with E-state index in [9.17, 15) is 0 Å². The van der Waals surface area contributed by atoms with Crippen LogP contribution in [0.25, 0.3) is 0 Å². The van der Waals surface area contributed by atoms with Crippen LogP contribution in [0.2, 0.25) is 0 Å². The van der Waals surface area contributed by atoms with Crippen LogP contribution in [0, 0.1) is 6.07 Å². The molecule has 2 aromatic rings. The maximum Gasteiger partial charge on any atom is 0.119 e. The van der Waals surface area contributed by atoms with Gasteiger partial charge in [-0.1, -0.05) is 18.2 Å². The Hall–Kier alpha value is -1.83. The SMILES string of the molecule is [c]1ccc(OCc2cccnc2)cc1. The first-order valence-electron chi connectivity index (χ1n) is 4.43. The Balaban J connectivity index is 1.96. The maximum atomic E-state index is 5.53. The topological polar surface area (TPSA) is 22.1 Å². The van der Waals surface area contributed by atoms with Crippen LogP contribution in [-0.2, 0) is 6.61 Å². The quantitative estimate of drug-likeness (QED) is 0.731. The molecule has 0 unspecified atom stereocenters. The third kappa shape index (κ3) is 2.33. The van der Waals surface area contributed by atoms with Gasteiger partial charge in [0.05, 0.1) is 0 Å². The second kappa shape index (κ2) is 4.42. The van der Waals surface area contributed by atoms with Crippen molar-refractivity contribution in [2.24, 2.45) is 0 Å². The molecule has 2 rings (SSSR count). The van der Waals surface area contributed by atoms with Crippen molar-refractivity contribution in [2.75, 3.05) is 0 Å². The summed E-state index contributed by atoms with van der Waals surface area (Å²) in [4.78, 5) is 4.01. The molecule has 0 bridgehead atoms. The number of hydrogen-bond acceptors (Lipinski definition) is 2. The lowest BCUT2D eigenvalue weighted by atomic mass is 10.3. The molecule has 1 radical (unpaired) electrons. The summed E-state index contributed by atoms with van der Waals surface area (Å²) in [7, 11) is 0. The summed E-state index contributed by atoms with van der Waals surface area (Å²) in [5.41, 5.74) is 1.07. The van der Waals surface area contributed by atoms with Gasteiger partial charge >= 0.3 is 0 Å². The Morgan fingerprint density at radius 3 is 2.79 bits per heavy atom. The number of benzene rings is 1. The highest BCUT2D eigenvalue weighted by Crippen LogP contribution is 2.10. The van der Waals surface area contributed by atoms with Crippen LogP contribution in [0.15, 0.2) is 48.8 Å². The van der Waals surface area contributed by atoms with E-state index in [0.29, 0.717) is 6.61 Å². The summed E-state index contributed by atoms with van der Waals surface area (Å²) in [6, 6.07) is 14.3. The minimum atomic E-state index is 0.553. The molecule has 1 aromatic carbocycles. The van der Waals surface area contributed by atoms with Gasteiger partial charge in [0.2, 0.25) is 0 Å². The molecule has 0 N–H and O–H groups in total. The lowest BCUT2D eigenvalue weighted by Gasteiger charge is -2.04. The second-order valence-electron chi connectivity index (χ2n) is 2.89. The minimum absolute atomic E-state index is 0.553. The van der Waals surface area contributed by atoms with Gasteiger partial charge in [-0.2, -0.15) is 0 Å². The number of ether oxygens (including phenoxy) is 1. The predicted octanol–water partition coefficient (Wildman–Crippen LogP) is 2.46. The van der Waals surface area contributed by atoms with Crippen LogP contribution in [0.4, 0.5) is 0 Å². The molecule has 14 heavy (non-hydrogen) atoms. The van der Waals surface area contributed by atoms with Gasteiger partial charge in [0, 0.05) is 18.0 Å². The van der Waals surface area contributed by atoms with Crippen molar-refractivity contribution < 1.29 is 4.74 Å². The molecule has 0 saturated carbocycles. The molecule has 0 aliphatic rings. The fourth-order valence-electron chi connectivity index (χ4n) is 1.12. The first-order chi connectivity index (χ1) is 6.95. The van der Waals surface area contributed by atoms with Gasteiger partial charge in [0.25, 0.3) is 0 Å². The first kappa shape index (κ1) is 8.75. The molecule has 2 nitrogen and oxygen atoms in total. The summed E-state index contributed by atoms with van der Waals surface area (Å²) in [5, 5.41) is 0. The lowest BCUT2D eigenvalue weighted by molar-refractivity contribution is 0.306. The van der Waals surface area contributed by atoms with Crippen molar-refractivity contribution in [3.8, 4) is 5.75 Å². The van der Waals surface area contributed by atoms with Gasteiger partial charge < -0.3 is 4.74 Å². The maximum absolute atomic E-state index is 5.53. The van der Waals surface area contributed by atoms with Gasteiger partial charge in [-0.05, 0) is 24.3 Å². The van der Waals surface area contributed by atoms with E-state index in [2.05, 4.69) is 11.1 Å². The molecule has 0 saturated heterocycles. The molecule has 2 heteroatoms. The van der Waals surface area contributed by atoms with Crippen LogP contribution in [0.3, 0.4) is 0 Å². The Morgan fingerprint density at radius 1 is 1.21 bits per heavy atom. The molecule has 0 atom stereocenters. The highest BCUT2D eigenvalue weighted by molar-refractivity contribution is 5.21. The third-order valence-electron chi connectivity index (χ3n) is 1.82. The van der Waals surface area contributed by atoms with Gasteiger partial charge in [0.15, 0.2) is 0 Å². The fraction of sp³-hybridized carbons (Fsp3) is 0.0833. The van der Waals surface area contributed by atoms with E-state index in [1.807, 2.05) is 36.4 Å². The van der Waals surface area contributed by atoms with Gasteiger partial charge in [0.1, 0.15) is 12.4 Å². The zero-order valence-electron chi connectivity index (χ0n) is 7.68. The van der Waals surface area contributed by atoms with E-state index in [4.69, 9.17) is 4.74 Å². The Labute approximate surface area is 83.2 Å². The van der Waals surface area contributed by atoms with Gasteiger partial charge in [-0.3, -0.25) is 4.98 Å². The van der Waals surface area contributed by atoms with E-state index >= 15 is 0 Å². The molecule has 0 aliphatic heterocycles. The Bertz CT molecular complexity index is 333. The van der Waals surface area contributed by atoms with Crippen molar-refractivity contribution in [1.82, 2.24) is 4.98 Å². The normalized spacial score (nSPS) is 9.71. The number of pyridine rings is 1. The molecule has 1 heterocycles. The highest BCUT2D eigenvalue weighted by atomic mass is 16.5. The largest absolute Gasteiger partial charge is 0.489 e. The monoisotopic (exact) mass is 184 g/mol. The van der Waals surface area contributed by atoms with Crippen LogP contribution in [0.5, 0.6) is 5.75 Å². The van der Waals surface area contributed by atoms with Crippen LogP contribution < -0.4 is 4.74 Å². The molecule has 1 aromatic heterocycles. The standard InChI is InChI=1S/C12H10NO/c1-2-6-12(7-3-1)14-10-11-5-4-8-13-9-11/h2-9H,10H2. The third-order valence-corrected chi connectivity index (χ3v) is 1.82. The predicted molar refractivity (Wildman–Crippen MR) is 53.8 cm³/mol. The summed E-state index contributed by atoms with van der Waals surface area (Å²) in [6.45, 7) is 0.553. The van der Waals surface area contributed by atoms with E-state index in [-0.39, 0.29) is 0 Å². The fourth-order valence-corrected chi connectivity index (χ4v) is 1.12. The van der Waals surface area contributed by atoms with Crippen molar-refractivity contribution >= 4 is 0 Å². The van der Waals surface area contributed by atoms with Crippen molar-refractivity contribution in [3.63, 3.8) is 0 Å². The van der Waals surface area contributed by atoms with Gasteiger partial charge in [-0.15, -0.1) is 0 Å². The number of aromatic nitrogens is 1. The van der Waals surface area contributed by atoms with Gasteiger partial charge in [-0.25, -0.2) is 0 Å². The van der Waals surface area contributed by atoms with E-state index in [1.165, 1.54) is 0 Å². The Kier molecular flexibility index (Phi) is 2.76. The summed E-state index contributed by atoms with van der Waals surface area (Å²) in [5.74, 6) is 0.854. The molecular weight excluding hydrogens is 174 g/mol. The van der Waals surface area contributed by atoms with E-state index in [1.54, 1.807) is 12.4 Å². The molecule has 0 aliphatic carbocycles. The summed E-state index contributed by atoms with van der Waals surface area (Å²) in [6.07, 6.45) is 3.55. The van der Waals surface area contributed by atoms with Crippen LogP contribution >= 0.6 is 0 Å². The summed E-state index contributed by atoms with van der Waals surface area (Å²) < 4.78 is 5.53. The van der Waals surface area contributed by atoms with Crippen molar-refractivity contribution in [1.29, 1.82) is 0 Å². The van der Waals surface area contributed by atoms with Crippen LogP contribution in [0.1, 0.15) is 5.56 Å². The zero-order chi connectivity index (χ0) is 9.64. The highest BCUT2D eigenvalue weighted by Gasteiger charge is 1.93. The molecule has 0 fully saturated rings. The van der Waals surface area contributed by atoms with E-state index < -0.39 is 0 Å². The molecular formula is C12H10NO.